The zero-order valence-corrected chi connectivity index (χ0v) is 12.4. The molecule has 1 saturated heterocycles. The largest absolute Gasteiger partial charge is 0.354 e. The molecule has 0 radical (unpaired) electrons. The highest BCUT2D eigenvalue weighted by Crippen LogP contribution is 2.28. The van der Waals surface area contributed by atoms with E-state index in [4.69, 9.17) is 4.98 Å². The third kappa shape index (κ3) is 2.52. The number of thioether (sulfide) groups is 1. The van der Waals surface area contributed by atoms with Gasteiger partial charge in [0, 0.05) is 29.5 Å². The molecule has 3 nitrogen and oxygen atoms in total. The van der Waals surface area contributed by atoms with Gasteiger partial charge < -0.3 is 4.90 Å². The third-order valence-corrected chi connectivity index (χ3v) is 5.13. The second-order valence-electron chi connectivity index (χ2n) is 5.06. The van der Waals surface area contributed by atoms with Gasteiger partial charge in [0.2, 0.25) is 0 Å². The van der Waals surface area contributed by atoms with E-state index >= 15 is 0 Å². The highest BCUT2D eigenvalue weighted by molar-refractivity contribution is 8.00. The lowest BCUT2D eigenvalue weighted by molar-refractivity contribution is 0.112. The van der Waals surface area contributed by atoms with Gasteiger partial charge in [0.25, 0.3) is 0 Å². The summed E-state index contributed by atoms with van der Waals surface area (Å²) in [7, 11) is 0. The van der Waals surface area contributed by atoms with Gasteiger partial charge in [-0.25, -0.2) is 4.98 Å². The monoisotopic (exact) mass is 286 g/mol. The average molecular weight is 286 g/mol. The molecule has 0 bridgehead atoms. The van der Waals surface area contributed by atoms with Crippen LogP contribution in [0.2, 0.25) is 0 Å². The number of aromatic nitrogens is 1. The molecule has 2 aromatic rings. The Morgan fingerprint density at radius 3 is 3.10 bits per heavy atom. The molecule has 1 aromatic heterocycles. The molecular formula is C16H18N2OS. The van der Waals surface area contributed by atoms with Gasteiger partial charge >= 0.3 is 0 Å². The Balaban J connectivity index is 2.02. The first kappa shape index (κ1) is 13.4. The summed E-state index contributed by atoms with van der Waals surface area (Å²) in [6, 6.07) is 9.92. The van der Waals surface area contributed by atoms with E-state index in [2.05, 4.69) is 11.8 Å². The number of benzene rings is 1. The summed E-state index contributed by atoms with van der Waals surface area (Å²) >= 11 is 2.02. The SMILES string of the molecule is CCC1CN(c2nc3ccccc3cc2C=O)CCS1. The van der Waals surface area contributed by atoms with Crippen molar-refractivity contribution in [3.8, 4) is 0 Å². The van der Waals surface area contributed by atoms with Crippen LogP contribution in [0.5, 0.6) is 0 Å². The number of carbonyl (C=O) groups excluding carboxylic acids is 1. The first-order chi connectivity index (χ1) is 9.81. The Bertz CT molecular complexity index is 629. The average Bonchev–Trinajstić information content (AvgIpc) is 2.53. The molecule has 0 amide bonds. The molecule has 0 saturated carbocycles. The molecule has 1 atom stereocenters. The Kier molecular flexibility index (Phi) is 3.92. The van der Waals surface area contributed by atoms with Gasteiger partial charge in [0.15, 0.2) is 6.29 Å². The van der Waals surface area contributed by atoms with E-state index in [1.165, 1.54) is 0 Å². The number of aldehydes is 1. The number of para-hydroxylation sites is 1. The van der Waals surface area contributed by atoms with Crippen LogP contribution in [0.4, 0.5) is 5.82 Å². The van der Waals surface area contributed by atoms with Crippen LogP contribution in [0.15, 0.2) is 30.3 Å². The maximum absolute atomic E-state index is 11.4. The lowest BCUT2D eigenvalue weighted by Gasteiger charge is -2.33. The van der Waals surface area contributed by atoms with E-state index in [0.29, 0.717) is 10.8 Å². The molecular weight excluding hydrogens is 268 g/mol. The highest BCUT2D eigenvalue weighted by atomic mass is 32.2. The molecule has 0 spiro atoms. The second-order valence-corrected chi connectivity index (χ2v) is 6.47. The summed E-state index contributed by atoms with van der Waals surface area (Å²) in [6.45, 7) is 4.16. The summed E-state index contributed by atoms with van der Waals surface area (Å²) in [5.74, 6) is 1.95. The van der Waals surface area contributed by atoms with Gasteiger partial charge in [-0.2, -0.15) is 11.8 Å². The van der Waals surface area contributed by atoms with Crippen molar-refractivity contribution in [2.75, 3.05) is 23.7 Å². The molecule has 1 fully saturated rings. The number of pyridine rings is 1. The summed E-state index contributed by atoms with van der Waals surface area (Å²) in [4.78, 5) is 18.4. The molecule has 2 heterocycles. The number of hydrogen-bond acceptors (Lipinski definition) is 4. The number of hydrogen-bond donors (Lipinski definition) is 0. The maximum atomic E-state index is 11.4. The van der Waals surface area contributed by atoms with Crippen molar-refractivity contribution in [2.24, 2.45) is 0 Å². The van der Waals surface area contributed by atoms with E-state index in [0.717, 1.165) is 48.3 Å². The van der Waals surface area contributed by atoms with Crippen molar-refractivity contribution in [1.29, 1.82) is 0 Å². The smallest absolute Gasteiger partial charge is 0.153 e. The lowest BCUT2D eigenvalue weighted by Crippen LogP contribution is -2.38. The Morgan fingerprint density at radius 1 is 1.45 bits per heavy atom. The van der Waals surface area contributed by atoms with Crippen LogP contribution in [-0.2, 0) is 0 Å². The van der Waals surface area contributed by atoms with Crippen LogP contribution in [0.1, 0.15) is 23.7 Å². The first-order valence-corrected chi connectivity index (χ1v) is 8.08. The summed E-state index contributed by atoms with van der Waals surface area (Å²) in [5, 5.41) is 1.66. The molecule has 4 heteroatoms. The predicted molar refractivity (Wildman–Crippen MR) is 85.9 cm³/mol. The standard InChI is InChI=1S/C16H18N2OS/c1-2-14-10-18(7-8-20-14)16-13(11-19)9-12-5-3-4-6-15(12)17-16/h3-6,9,11,14H,2,7-8,10H2,1H3. The minimum atomic E-state index is 0.636. The molecule has 1 unspecified atom stereocenters. The lowest BCUT2D eigenvalue weighted by atomic mass is 10.1. The van der Waals surface area contributed by atoms with Crippen LogP contribution in [0.25, 0.3) is 10.9 Å². The van der Waals surface area contributed by atoms with Gasteiger partial charge in [-0.3, -0.25) is 4.79 Å². The number of carbonyl (C=O) groups is 1. The minimum absolute atomic E-state index is 0.636. The van der Waals surface area contributed by atoms with Crippen molar-refractivity contribution in [3.63, 3.8) is 0 Å². The zero-order chi connectivity index (χ0) is 13.9. The second kappa shape index (κ2) is 5.83. The fourth-order valence-electron chi connectivity index (χ4n) is 2.62. The van der Waals surface area contributed by atoms with Crippen molar-refractivity contribution in [3.05, 3.63) is 35.9 Å². The topological polar surface area (TPSA) is 33.2 Å². The molecule has 104 valence electrons. The van der Waals surface area contributed by atoms with Crippen LogP contribution in [-0.4, -0.2) is 35.4 Å². The van der Waals surface area contributed by atoms with Crippen LogP contribution in [0, 0.1) is 0 Å². The van der Waals surface area contributed by atoms with Crippen molar-refractivity contribution in [1.82, 2.24) is 4.98 Å². The number of rotatable bonds is 3. The van der Waals surface area contributed by atoms with Crippen LogP contribution >= 0.6 is 11.8 Å². The first-order valence-electron chi connectivity index (χ1n) is 7.03. The minimum Gasteiger partial charge on any atom is -0.354 e. The number of anilines is 1. The van der Waals surface area contributed by atoms with Crippen molar-refractivity contribution >= 4 is 34.8 Å². The van der Waals surface area contributed by atoms with E-state index in [9.17, 15) is 4.79 Å². The van der Waals surface area contributed by atoms with Crippen LogP contribution < -0.4 is 4.90 Å². The summed E-state index contributed by atoms with van der Waals surface area (Å²) < 4.78 is 0. The van der Waals surface area contributed by atoms with Crippen molar-refractivity contribution < 1.29 is 4.79 Å². The Morgan fingerprint density at radius 2 is 2.30 bits per heavy atom. The zero-order valence-electron chi connectivity index (χ0n) is 11.6. The molecule has 1 aromatic carbocycles. The van der Waals surface area contributed by atoms with E-state index in [-0.39, 0.29) is 0 Å². The molecule has 0 N–H and O–H groups in total. The van der Waals surface area contributed by atoms with E-state index in [1.807, 2.05) is 42.1 Å². The molecule has 3 rings (SSSR count). The fourth-order valence-corrected chi connectivity index (χ4v) is 3.80. The fraction of sp³-hybridized carbons (Fsp3) is 0.375. The quantitative estimate of drug-likeness (QED) is 0.810. The Labute approximate surface area is 123 Å². The third-order valence-electron chi connectivity index (χ3n) is 3.75. The summed E-state index contributed by atoms with van der Waals surface area (Å²) in [6.07, 6.45) is 2.09. The van der Waals surface area contributed by atoms with E-state index in [1.54, 1.807) is 0 Å². The van der Waals surface area contributed by atoms with Gasteiger partial charge in [-0.05, 0) is 18.6 Å². The van der Waals surface area contributed by atoms with Crippen molar-refractivity contribution in [2.45, 2.75) is 18.6 Å². The highest BCUT2D eigenvalue weighted by Gasteiger charge is 2.22. The van der Waals surface area contributed by atoms with E-state index < -0.39 is 0 Å². The Hall–Kier alpha value is -1.55. The maximum Gasteiger partial charge on any atom is 0.153 e. The molecule has 0 aliphatic carbocycles. The summed E-state index contributed by atoms with van der Waals surface area (Å²) in [5.41, 5.74) is 1.66. The van der Waals surface area contributed by atoms with Gasteiger partial charge in [-0.1, -0.05) is 25.1 Å². The number of nitrogens with zero attached hydrogens (tertiary/aromatic N) is 2. The normalized spacial score (nSPS) is 19.2. The van der Waals surface area contributed by atoms with Gasteiger partial charge in [-0.15, -0.1) is 0 Å². The van der Waals surface area contributed by atoms with Crippen LogP contribution in [0.3, 0.4) is 0 Å². The number of fused-ring (bicyclic) bond motifs is 1. The predicted octanol–water partition coefficient (Wildman–Crippen LogP) is 3.38. The van der Waals surface area contributed by atoms with Gasteiger partial charge in [0.1, 0.15) is 5.82 Å². The molecule has 1 aliphatic rings. The molecule has 20 heavy (non-hydrogen) atoms. The van der Waals surface area contributed by atoms with Gasteiger partial charge in [0.05, 0.1) is 11.1 Å². The molecule has 1 aliphatic heterocycles.